The molecule has 0 saturated carbocycles. The molecule has 0 aromatic carbocycles. The summed E-state index contributed by atoms with van der Waals surface area (Å²) in [6.07, 6.45) is 1.74. The summed E-state index contributed by atoms with van der Waals surface area (Å²) in [6.45, 7) is 6.63. The zero-order valence-corrected chi connectivity index (χ0v) is 17.6. The van der Waals surface area contributed by atoms with Gasteiger partial charge in [0.05, 0.1) is 18.5 Å². The third kappa shape index (κ3) is 6.91. The topological polar surface area (TPSA) is 87.1 Å². The van der Waals surface area contributed by atoms with E-state index in [0.717, 1.165) is 11.5 Å². The van der Waals surface area contributed by atoms with E-state index < -0.39 is 10.0 Å². The van der Waals surface area contributed by atoms with Crippen molar-refractivity contribution in [1.29, 1.82) is 0 Å². The van der Waals surface area contributed by atoms with E-state index in [2.05, 4.69) is 20.2 Å². The number of piperazine rings is 1. The van der Waals surface area contributed by atoms with Crippen molar-refractivity contribution < 1.29 is 13.2 Å². The van der Waals surface area contributed by atoms with Crippen LogP contribution in [-0.4, -0.2) is 80.3 Å². The molecular weight excluding hydrogens is 390 g/mol. The molecule has 0 unspecified atom stereocenters. The van der Waals surface area contributed by atoms with Gasteiger partial charge in [-0.3, -0.25) is 4.99 Å². The number of guanidine groups is 1. The van der Waals surface area contributed by atoms with Crippen LogP contribution in [0.3, 0.4) is 0 Å². The van der Waals surface area contributed by atoms with E-state index in [-0.39, 0.29) is 18.5 Å². The van der Waals surface area contributed by atoms with E-state index in [1.54, 1.807) is 19.3 Å². The number of hydrogen-bond acceptors (Lipinski definition) is 5. The normalized spacial score (nSPS) is 16.8. The maximum Gasteiger partial charge on any atom is 0.216 e. The Morgan fingerprint density at radius 1 is 1.33 bits per heavy atom. The smallest absolute Gasteiger partial charge is 0.216 e. The number of aliphatic imine (C=N–C) groups is 1. The van der Waals surface area contributed by atoms with Crippen LogP contribution in [0.25, 0.3) is 0 Å². The predicted octanol–water partition coefficient (Wildman–Crippen LogP) is 1.18. The number of rotatable bonds is 7. The minimum Gasteiger partial charge on any atom is -0.378 e. The van der Waals surface area contributed by atoms with Gasteiger partial charge in [-0.2, -0.15) is 4.31 Å². The standard InChI is InChI=1S/C17H28ClN5O3S/c1-14(2)26-10-11-27(24,25)23-8-6-22(7-9-23)17(19-3)21-13-15-4-5-16(18)20-12-15/h4-5,12,14H,6-11,13H2,1-3H3,(H,19,21). The summed E-state index contributed by atoms with van der Waals surface area (Å²) in [5.41, 5.74) is 0.993. The molecular formula is C17H28ClN5O3S. The lowest BCUT2D eigenvalue weighted by Crippen LogP contribution is -2.54. The molecule has 27 heavy (non-hydrogen) atoms. The highest BCUT2D eigenvalue weighted by Gasteiger charge is 2.27. The van der Waals surface area contributed by atoms with Crippen LogP contribution in [-0.2, 0) is 21.3 Å². The first kappa shape index (κ1) is 21.9. The zero-order valence-electron chi connectivity index (χ0n) is 16.1. The molecule has 0 bridgehead atoms. The van der Waals surface area contributed by atoms with Crippen molar-refractivity contribution >= 4 is 27.6 Å². The minimum absolute atomic E-state index is 0.0156. The van der Waals surface area contributed by atoms with Crippen LogP contribution in [0.15, 0.2) is 23.3 Å². The van der Waals surface area contributed by atoms with Gasteiger partial charge in [-0.25, -0.2) is 13.4 Å². The zero-order chi connectivity index (χ0) is 19.9. The molecule has 0 amide bonds. The van der Waals surface area contributed by atoms with Crippen molar-refractivity contribution in [1.82, 2.24) is 19.5 Å². The van der Waals surface area contributed by atoms with Crippen molar-refractivity contribution in [3.8, 4) is 0 Å². The number of nitrogens with zero attached hydrogens (tertiary/aromatic N) is 4. The molecule has 152 valence electrons. The summed E-state index contributed by atoms with van der Waals surface area (Å²) in [4.78, 5) is 10.4. The number of sulfonamides is 1. The number of nitrogens with one attached hydrogen (secondary N) is 1. The third-order valence-electron chi connectivity index (χ3n) is 4.18. The van der Waals surface area contributed by atoms with Crippen molar-refractivity contribution in [2.24, 2.45) is 4.99 Å². The Kier molecular flexibility index (Phi) is 8.28. The fourth-order valence-electron chi connectivity index (χ4n) is 2.72. The summed E-state index contributed by atoms with van der Waals surface area (Å²) < 4.78 is 31.7. The largest absolute Gasteiger partial charge is 0.378 e. The molecule has 0 aliphatic carbocycles. The van der Waals surface area contributed by atoms with Crippen molar-refractivity contribution in [3.05, 3.63) is 29.0 Å². The van der Waals surface area contributed by atoms with Crippen LogP contribution in [0.4, 0.5) is 0 Å². The lowest BCUT2D eigenvalue weighted by atomic mass is 10.3. The number of pyridine rings is 1. The molecule has 8 nitrogen and oxygen atoms in total. The molecule has 1 aromatic rings. The van der Waals surface area contributed by atoms with Crippen LogP contribution in [0.2, 0.25) is 5.15 Å². The van der Waals surface area contributed by atoms with E-state index in [9.17, 15) is 8.42 Å². The van der Waals surface area contributed by atoms with Gasteiger partial charge in [-0.1, -0.05) is 17.7 Å². The maximum absolute atomic E-state index is 12.4. The Morgan fingerprint density at radius 3 is 2.59 bits per heavy atom. The molecule has 0 atom stereocenters. The average Bonchev–Trinajstić information content (AvgIpc) is 2.63. The second-order valence-corrected chi connectivity index (χ2v) is 8.99. The van der Waals surface area contributed by atoms with Crippen LogP contribution < -0.4 is 5.32 Å². The predicted molar refractivity (Wildman–Crippen MR) is 107 cm³/mol. The van der Waals surface area contributed by atoms with Gasteiger partial charge in [0, 0.05) is 46.0 Å². The lowest BCUT2D eigenvalue weighted by Gasteiger charge is -2.35. The van der Waals surface area contributed by atoms with Gasteiger partial charge in [0.15, 0.2) is 5.96 Å². The Labute approximate surface area is 166 Å². The first-order chi connectivity index (χ1) is 12.8. The molecule has 1 aromatic heterocycles. The molecule has 10 heteroatoms. The molecule has 1 fully saturated rings. The van der Waals surface area contributed by atoms with Crippen LogP contribution in [0.1, 0.15) is 19.4 Å². The Morgan fingerprint density at radius 2 is 2.04 bits per heavy atom. The fourth-order valence-corrected chi connectivity index (χ4v) is 4.12. The summed E-state index contributed by atoms with van der Waals surface area (Å²) in [7, 11) is -1.58. The highest BCUT2D eigenvalue weighted by molar-refractivity contribution is 7.89. The average molecular weight is 418 g/mol. The van der Waals surface area contributed by atoms with E-state index >= 15 is 0 Å². The van der Waals surface area contributed by atoms with E-state index in [4.69, 9.17) is 16.3 Å². The molecule has 1 aliphatic heterocycles. The fraction of sp³-hybridized carbons (Fsp3) is 0.647. The Hall–Kier alpha value is -1.42. The van der Waals surface area contributed by atoms with Crippen LogP contribution in [0, 0.1) is 0 Å². The van der Waals surface area contributed by atoms with Gasteiger partial charge in [-0.05, 0) is 25.5 Å². The quantitative estimate of drug-likeness (QED) is 0.407. The van der Waals surface area contributed by atoms with E-state index in [1.165, 1.54) is 4.31 Å². The number of halogens is 1. The monoisotopic (exact) mass is 417 g/mol. The Bertz CT molecular complexity index is 717. The van der Waals surface area contributed by atoms with Gasteiger partial charge >= 0.3 is 0 Å². The van der Waals surface area contributed by atoms with Crippen molar-refractivity contribution in [2.75, 3.05) is 45.6 Å². The van der Waals surface area contributed by atoms with Crippen LogP contribution >= 0.6 is 11.6 Å². The first-order valence-electron chi connectivity index (χ1n) is 8.97. The second-order valence-electron chi connectivity index (χ2n) is 6.51. The Balaban J connectivity index is 1.83. The SMILES string of the molecule is CN=C(NCc1ccc(Cl)nc1)N1CCN(S(=O)(=O)CCOC(C)C)CC1. The summed E-state index contributed by atoms with van der Waals surface area (Å²) in [5, 5.41) is 3.74. The number of ether oxygens (including phenoxy) is 1. The molecule has 0 spiro atoms. The van der Waals surface area contributed by atoms with Gasteiger partial charge in [0.25, 0.3) is 0 Å². The second kappa shape index (κ2) is 10.2. The van der Waals surface area contributed by atoms with Crippen LogP contribution in [0.5, 0.6) is 0 Å². The third-order valence-corrected chi connectivity index (χ3v) is 6.23. The molecule has 0 radical (unpaired) electrons. The molecule has 2 rings (SSSR count). The van der Waals surface area contributed by atoms with Gasteiger partial charge in [0.2, 0.25) is 10.0 Å². The van der Waals surface area contributed by atoms with Crippen molar-refractivity contribution in [2.45, 2.75) is 26.5 Å². The number of hydrogen-bond donors (Lipinski definition) is 1. The summed E-state index contributed by atoms with van der Waals surface area (Å²) in [6, 6.07) is 3.65. The number of aromatic nitrogens is 1. The van der Waals surface area contributed by atoms with Gasteiger partial charge in [-0.15, -0.1) is 0 Å². The minimum atomic E-state index is -3.29. The highest BCUT2D eigenvalue weighted by atomic mass is 35.5. The molecule has 1 N–H and O–H groups in total. The molecule has 1 aliphatic rings. The summed E-state index contributed by atoms with van der Waals surface area (Å²) in [5.74, 6) is 0.756. The van der Waals surface area contributed by atoms with E-state index in [0.29, 0.717) is 37.9 Å². The van der Waals surface area contributed by atoms with E-state index in [1.807, 2.05) is 19.9 Å². The first-order valence-corrected chi connectivity index (χ1v) is 11.0. The van der Waals surface area contributed by atoms with Gasteiger partial charge in [0.1, 0.15) is 5.15 Å². The maximum atomic E-state index is 12.4. The van der Waals surface area contributed by atoms with Crippen molar-refractivity contribution in [3.63, 3.8) is 0 Å². The van der Waals surface area contributed by atoms with Gasteiger partial charge < -0.3 is 15.0 Å². The lowest BCUT2D eigenvalue weighted by molar-refractivity contribution is 0.0904. The molecule has 2 heterocycles. The molecule has 1 saturated heterocycles. The summed E-state index contributed by atoms with van der Waals surface area (Å²) >= 11 is 5.80. The highest BCUT2D eigenvalue weighted by Crippen LogP contribution is 2.10.